The lowest BCUT2D eigenvalue weighted by Crippen LogP contribution is -2.26. The van der Waals surface area contributed by atoms with Gasteiger partial charge in [0.15, 0.2) is 0 Å². The molecule has 2 aromatic carbocycles. The zero-order chi connectivity index (χ0) is 20.9. The van der Waals surface area contributed by atoms with Crippen molar-refractivity contribution in [2.75, 3.05) is 0 Å². The van der Waals surface area contributed by atoms with Gasteiger partial charge in [0.2, 0.25) is 0 Å². The molecule has 0 aromatic heterocycles. The minimum absolute atomic E-state index is 0.0363. The molecule has 0 N–H and O–H groups in total. The van der Waals surface area contributed by atoms with Crippen LogP contribution in [0.1, 0.15) is 93.4 Å². The van der Waals surface area contributed by atoms with Gasteiger partial charge in [0.1, 0.15) is 6.29 Å². The fraction of sp³-hybridized carbons (Fsp3) is 0.444. The normalized spacial score (nSPS) is 13.8. The molecule has 1 atom stereocenters. The molecule has 1 nitrogen and oxygen atoms in total. The topological polar surface area (TPSA) is 17.1 Å². The Morgan fingerprint density at radius 2 is 1.57 bits per heavy atom. The molecule has 1 unspecified atom stereocenters. The summed E-state index contributed by atoms with van der Waals surface area (Å²) < 4.78 is 0. The van der Waals surface area contributed by atoms with Crippen LogP contribution in [0.5, 0.6) is 0 Å². The monoisotopic (exact) mass is 376 g/mol. The van der Waals surface area contributed by atoms with Crippen LogP contribution >= 0.6 is 0 Å². The van der Waals surface area contributed by atoms with Gasteiger partial charge in [-0.1, -0.05) is 89.2 Å². The Bertz CT molecular complexity index is 824. The Morgan fingerprint density at radius 1 is 0.964 bits per heavy atom. The third-order valence-corrected chi connectivity index (χ3v) is 7.12. The van der Waals surface area contributed by atoms with Gasteiger partial charge in [-0.05, 0) is 60.3 Å². The van der Waals surface area contributed by atoms with Crippen molar-refractivity contribution in [3.05, 3.63) is 82.4 Å². The van der Waals surface area contributed by atoms with Gasteiger partial charge in [-0.25, -0.2) is 0 Å². The van der Waals surface area contributed by atoms with Gasteiger partial charge in [0.25, 0.3) is 0 Å². The first-order chi connectivity index (χ1) is 13.2. The van der Waals surface area contributed by atoms with Crippen molar-refractivity contribution in [1.82, 2.24) is 0 Å². The summed E-state index contributed by atoms with van der Waals surface area (Å²) in [5, 5.41) is 0. The SMILES string of the molecule is C=C(C)C(C)(CC)c1ccc(C(C)(CC)CC)cc1Cc1ccc(C=O)cc1. The second-order valence-electron chi connectivity index (χ2n) is 8.64. The molecule has 28 heavy (non-hydrogen) atoms. The van der Waals surface area contributed by atoms with Gasteiger partial charge < -0.3 is 0 Å². The summed E-state index contributed by atoms with van der Waals surface area (Å²) in [5.74, 6) is 0. The molecule has 0 aliphatic rings. The molecule has 0 saturated carbocycles. The molecule has 2 rings (SSSR count). The van der Waals surface area contributed by atoms with Crippen molar-refractivity contribution >= 4 is 6.29 Å². The second-order valence-corrected chi connectivity index (χ2v) is 8.64. The quantitative estimate of drug-likeness (QED) is 0.329. The van der Waals surface area contributed by atoms with Crippen LogP contribution in [0.15, 0.2) is 54.6 Å². The summed E-state index contributed by atoms with van der Waals surface area (Å²) in [7, 11) is 0. The van der Waals surface area contributed by atoms with E-state index in [0.717, 1.165) is 37.5 Å². The summed E-state index contributed by atoms with van der Waals surface area (Å²) >= 11 is 0. The van der Waals surface area contributed by atoms with Gasteiger partial charge in [-0.15, -0.1) is 0 Å². The van der Waals surface area contributed by atoms with Crippen molar-refractivity contribution in [2.24, 2.45) is 0 Å². The first-order valence-corrected chi connectivity index (χ1v) is 10.6. The molecule has 0 radical (unpaired) electrons. The summed E-state index contributed by atoms with van der Waals surface area (Å²) in [6.45, 7) is 17.9. The Hall–Kier alpha value is -2.15. The number of hydrogen-bond acceptors (Lipinski definition) is 1. The number of hydrogen-bond donors (Lipinski definition) is 0. The van der Waals surface area contributed by atoms with Crippen molar-refractivity contribution < 1.29 is 4.79 Å². The molecule has 0 aliphatic heterocycles. The smallest absolute Gasteiger partial charge is 0.150 e. The van der Waals surface area contributed by atoms with Crippen LogP contribution in [0.4, 0.5) is 0 Å². The van der Waals surface area contributed by atoms with Crippen LogP contribution < -0.4 is 0 Å². The minimum Gasteiger partial charge on any atom is -0.298 e. The van der Waals surface area contributed by atoms with E-state index in [1.807, 2.05) is 12.1 Å². The average molecular weight is 377 g/mol. The number of rotatable bonds is 9. The van der Waals surface area contributed by atoms with E-state index in [9.17, 15) is 4.79 Å². The summed E-state index contributed by atoms with van der Waals surface area (Å²) in [4.78, 5) is 11.0. The maximum atomic E-state index is 11.0. The van der Waals surface area contributed by atoms with Crippen LogP contribution in [0, 0.1) is 0 Å². The number of allylic oxidation sites excluding steroid dienone is 1. The lowest BCUT2D eigenvalue weighted by Gasteiger charge is -2.34. The van der Waals surface area contributed by atoms with E-state index in [-0.39, 0.29) is 10.8 Å². The highest BCUT2D eigenvalue weighted by atomic mass is 16.1. The highest BCUT2D eigenvalue weighted by Gasteiger charge is 2.30. The molecule has 0 bridgehead atoms. The fourth-order valence-corrected chi connectivity index (χ4v) is 3.97. The number of carbonyl (C=O) groups excluding carboxylic acids is 1. The lowest BCUT2D eigenvalue weighted by atomic mass is 9.70. The molecule has 1 heteroatoms. The Balaban J connectivity index is 2.61. The fourth-order valence-electron chi connectivity index (χ4n) is 3.97. The molecular formula is C27H36O. The lowest BCUT2D eigenvalue weighted by molar-refractivity contribution is 0.112. The van der Waals surface area contributed by atoms with Gasteiger partial charge in [-0.3, -0.25) is 4.79 Å². The predicted molar refractivity (Wildman–Crippen MR) is 121 cm³/mol. The van der Waals surface area contributed by atoms with Crippen molar-refractivity contribution in [1.29, 1.82) is 0 Å². The minimum atomic E-state index is -0.0363. The molecule has 0 amide bonds. The van der Waals surface area contributed by atoms with Crippen LogP contribution in [0.3, 0.4) is 0 Å². The van der Waals surface area contributed by atoms with E-state index in [2.05, 4.69) is 78.5 Å². The summed E-state index contributed by atoms with van der Waals surface area (Å²) in [6, 6.07) is 15.1. The van der Waals surface area contributed by atoms with Gasteiger partial charge in [-0.2, -0.15) is 0 Å². The first-order valence-electron chi connectivity index (χ1n) is 10.6. The Labute approximate surface area is 171 Å². The van der Waals surface area contributed by atoms with E-state index in [1.54, 1.807) is 0 Å². The highest BCUT2D eigenvalue weighted by molar-refractivity contribution is 5.74. The van der Waals surface area contributed by atoms with E-state index < -0.39 is 0 Å². The average Bonchev–Trinajstić information content (AvgIpc) is 2.72. The maximum Gasteiger partial charge on any atom is 0.150 e. The van der Waals surface area contributed by atoms with E-state index in [0.29, 0.717) is 0 Å². The largest absolute Gasteiger partial charge is 0.298 e. The van der Waals surface area contributed by atoms with Crippen molar-refractivity contribution in [3.8, 4) is 0 Å². The van der Waals surface area contributed by atoms with E-state index >= 15 is 0 Å². The van der Waals surface area contributed by atoms with Crippen molar-refractivity contribution in [3.63, 3.8) is 0 Å². The Kier molecular flexibility index (Phi) is 7.04. The molecule has 0 spiro atoms. The summed E-state index contributed by atoms with van der Waals surface area (Å²) in [5.41, 5.74) is 7.49. The van der Waals surface area contributed by atoms with Crippen LogP contribution in [-0.2, 0) is 17.3 Å². The molecule has 0 fully saturated rings. The molecule has 2 aromatic rings. The van der Waals surface area contributed by atoms with Gasteiger partial charge >= 0.3 is 0 Å². The highest BCUT2D eigenvalue weighted by Crippen LogP contribution is 2.40. The standard InChI is InChI=1S/C27H36O/c1-8-26(6,9-2)24-15-16-25(27(7,10-3)20(4)5)23(18-24)17-21-11-13-22(19-28)14-12-21/h11-16,18-19H,4,8-10,17H2,1-3,5-7H3. The van der Waals surface area contributed by atoms with Gasteiger partial charge in [0, 0.05) is 11.0 Å². The third-order valence-electron chi connectivity index (χ3n) is 7.12. The first kappa shape index (κ1) is 22.1. The molecule has 0 aliphatic carbocycles. The summed E-state index contributed by atoms with van der Waals surface area (Å²) in [6.07, 6.45) is 5.05. The molecular weight excluding hydrogens is 340 g/mol. The van der Waals surface area contributed by atoms with Gasteiger partial charge in [0.05, 0.1) is 0 Å². The van der Waals surface area contributed by atoms with Crippen LogP contribution in [0.25, 0.3) is 0 Å². The van der Waals surface area contributed by atoms with Crippen LogP contribution in [0.2, 0.25) is 0 Å². The predicted octanol–water partition coefficient (Wildman–Crippen LogP) is 7.41. The zero-order valence-corrected chi connectivity index (χ0v) is 18.6. The van der Waals surface area contributed by atoms with E-state index in [1.165, 1.54) is 27.8 Å². The number of benzene rings is 2. The molecule has 150 valence electrons. The number of carbonyl (C=O) groups is 1. The zero-order valence-electron chi connectivity index (χ0n) is 18.6. The third kappa shape index (κ3) is 4.29. The second kappa shape index (κ2) is 8.90. The molecule has 0 heterocycles. The van der Waals surface area contributed by atoms with E-state index in [4.69, 9.17) is 0 Å². The van der Waals surface area contributed by atoms with Crippen LogP contribution in [-0.4, -0.2) is 6.29 Å². The van der Waals surface area contributed by atoms with Crippen molar-refractivity contribution in [2.45, 2.75) is 78.1 Å². The Morgan fingerprint density at radius 3 is 2.04 bits per heavy atom. The molecule has 0 saturated heterocycles. The maximum absolute atomic E-state index is 11.0. The number of aldehydes is 1.